The van der Waals surface area contributed by atoms with Crippen molar-refractivity contribution < 1.29 is 0 Å². The van der Waals surface area contributed by atoms with E-state index in [1.54, 1.807) is 0 Å². The SMILES string of the molecule is CCN1CS(=CC2(C)Sc3ccccc3N2CC)c2ccccc21. The van der Waals surface area contributed by atoms with Gasteiger partial charge in [0.1, 0.15) is 4.87 Å². The van der Waals surface area contributed by atoms with Crippen molar-refractivity contribution in [3.63, 3.8) is 0 Å². The van der Waals surface area contributed by atoms with Gasteiger partial charge in [-0.25, -0.2) is 0 Å². The van der Waals surface area contributed by atoms with Gasteiger partial charge in [-0.2, -0.15) is 0 Å². The van der Waals surface area contributed by atoms with Crippen molar-refractivity contribution in [2.24, 2.45) is 0 Å². The van der Waals surface area contributed by atoms with E-state index in [-0.39, 0.29) is 15.4 Å². The molecule has 0 radical (unpaired) electrons. The fraction of sp³-hybridized carbons (Fsp3) is 0.350. The molecule has 2 atom stereocenters. The van der Waals surface area contributed by atoms with Gasteiger partial charge in [-0.1, -0.05) is 36.0 Å². The molecule has 0 N–H and O–H groups in total. The minimum atomic E-state index is 0.0262. The molecule has 0 bridgehead atoms. The Morgan fingerprint density at radius 1 is 1.04 bits per heavy atom. The molecule has 0 fully saturated rings. The lowest BCUT2D eigenvalue weighted by Gasteiger charge is -2.33. The molecule has 2 aliphatic rings. The molecule has 2 aromatic rings. The van der Waals surface area contributed by atoms with Crippen molar-refractivity contribution in [2.75, 3.05) is 28.8 Å². The summed E-state index contributed by atoms with van der Waals surface area (Å²) in [6, 6.07) is 17.8. The minimum absolute atomic E-state index is 0.0262. The molecule has 0 saturated carbocycles. The average molecular weight is 357 g/mol. The summed E-state index contributed by atoms with van der Waals surface area (Å²) in [5.41, 5.74) is 2.80. The highest BCUT2D eigenvalue weighted by atomic mass is 32.2. The molecule has 0 spiro atoms. The van der Waals surface area contributed by atoms with E-state index in [9.17, 15) is 0 Å². The number of hydrogen-bond donors (Lipinski definition) is 0. The Balaban J connectivity index is 1.76. The molecular formula is C20H24N2S2. The number of nitrogens with zero attached hydrogens (tertiary/aromatic N) is 2. The first-order valence-corrected chi connectivity index (χ1v) is 10.9. The van der Waals surface area contributed by atoms with Crippen LogP contribution in [-0.2, 0) is 0 Å². The Morgan fingerprint density at radius 2 is 1.75 bits per heavy atom. The van der Waals surface area contributed by atoms with E-state index in [0.717, 1.165) is 19.0 Å². The Kier molecular flexibility index (Phi) is 4.13. The molecule has 2 nitrogen and oxygen atoms in total. The standard InChI is InChI=1S/C20H24N2S2/c1-4-21-15-24(19-13-9-7-11-17(19)21)14-20(3)22(5-2)16-10-6-8-12-18(16)23-20/h6-14H,4-5,15H2,1-3H3. The highest BCUT2D eigenvalue weighted by Crippen LogP contribution is 2.52. The highest BCUT2D eigenvalue weighted by Gasteiger charge is 2.39. The van der Waals surface area contributed by atoms with Gasteiger partial charge in [0.15, 0.2) is 0 Å². The monoisotopic (exact) mass is 356 g/mol. The fourth-order valence-electron chi connectivity index (χ4n) is 3.73. The molecule has 2 aromatic carbocycles. The molecule has 126 valence electrons. The first kappa shape index (κ1) is 16.1. The minimum Gasteiger partial charge on any atom is -0.362 e. The summed E-state index contributed by atoms with van der Waals surface area (Å²) in [4.78, 5) is 8.01. The van der Waals surface area contributed by atoms with E-state index in [1.807, 2.05) is 11.8 Å². The zero-order chi connectivity index (χ0) is 16.7. The summed E-state index contributed by atoms with van der Waals surface area (Å²) in [7, 11) is 0.166. The molecule has 0 aromatic heterocycles. The van der Waals surface area contributed by atoms with E-state index in [0.29, 0.717) is 0 Å². The topological polar surface area (TPSA) is 6.48 Å². The van der Waals surface area contributed by atoms with Crippen LogP contribution in [0.5, 0.6) is 0 Å². The number of benzene rings is 2. The zero-order valence-electron chi connectivity index (χ0n) is 14.5. The second kappa shape index (κ2) is 6.16. The quantitative estimate of drug-likeness (QED) is 0.692. The summed E-state index contributed by atoms with van der Waals surface area (Å²) in [6.07, 6.45) is 0. The van der Waals surface area contributed by atoms with Gasteiger partial charge in [0, 0.05) is 22.9 Å². The van der Waals surface area contributed by atoms with Gasteiger partial charge in [-0.15, -0.1) is 10.5 Å². The molecule has 4 rings (SSSR count). The third-order valence-electron chi connectivity index (χ3n) is 4.85. The number of anilines is 2. The van der Waals surface area contributed by atoms with Crippen LogP contribution in [0.15, 0.2) is 58.3 Å². The number of fused-ring (bicyclic) bond motifs is 2. The van der Waals surface area contributed by atoms with Crippen LogP contribution >= 0.6 is 22.2 Å². The molecule has 24 heavy (non-hydrogen) atoms. The Labute approximate surface area is 151 Å². The largest absolute Gasteiger partial charge is 0.362 e. The van der Waals surface area contributed by atoms with Crippen molar-refractivity contribution in [3.8, 4) is 0 Å². The lowest BCUT2D eigenvalue weighted by Crippen LogP contribution is -2.42. The predicted molar refractivity (Wildman–Crippen MR) is 110 cm³/mol. The van der Waals surface area contributed by atoms with Gasteiger partial charge >= 0.3 is 0 Å². The van der Waals surface area contributed by atoms with Crippen LogP contribution in [0.3, 0.4) is 0 Å². The second-order valence-electron chi connectivity index (χ2n) is 6.37. The van der Waals surface area contributed by atoms with Crippen LogP contribution in [0, 0.1) is 0 Å². The van der Waals surface area contributed by atoms with E-state index in [2.05, 4.69) is 84.5 Å². The molecule has 0 amide bonds. The molecule has 0 saturated heterocycles. The van der Waals surface area contributed by atoms with Crippen LogP contribution in [0.1, 0.15) is 20.8 Å². The molecular weight excluding hydrogens is 332 g/mol. The molecule has 0 aliphatic carbocycles. The maximum Gasteiger partial charge on any atom is 0.112 e. The average Bonchev–Trinajstić information content (AvgIpc) is 3.09. The molecule has 2 unspecified atom stereocenters. The fourth-order valence-corrected chi connectivity index (χ4v) is 7.85. The number of thioether (sulfide) groups is 1. The van der Waals surface area contributed by atoms with Crippen molar-refractivity contribution in [2.45, 2.75) is 35.4 Å². The lowest BCUT2D eigenvalue weighted by molar-refractivity contribution is 0.767. The highest BCUT2D eigenvalue weighted by molar-refractivity contribution is 8.16. The van der Waals surface area contributed by atoms with Crippen molar-refractivity contribution in [3.05, 3.63) is 48.5 Å². The smallest absolute Gasteiger partial charge is 0.112 e. The maximum atomic E-state index is 2.61. The zero-order valence-corrected chi connectivity index (χ0v) is 16.2. The molecule has 4 heteroatoms. The summed E-state index contributed by atoms with van der Waals surface area (Å²) in [5, 5.41) is 2.61. The van der Waals surface area contributed by atoms with E-state index in [4.69, 9.17) is 0 Å². The first-order chi connectivity index (χ1) is 11.7. The summed E-state index contributed by atoms with van der Waals surface area (Å²) >= 11 is 2.00. The van der Waals surface area contributed by atoms with Gasteiger partial charge in [-0.3, -0.25) is 0 Å². The van der Waals surface area contributed by atoms with E-state index in [1.165, 1.54) is 21.2 Å². The Bertz CT molecular complexity index is 802. The van der Waals surface area contributed by atoms with Crippen LogP contribution in [0.2, 0.25) is 0 Å². The van der Waals surface area contributed by atoms with Gasteiger partial charge in [0.25, 0.3) is 0 Å². The van der Waals surface area contributed by atoms with Gasteiger partial charge in [-0.05, 0) is 50.4 Å². The third-order valence-corrected chi connectivity index (χ3v) is 8.56. The van der Waals surface area contributed by atoms with Crippen LogP contribution < -0.4 is 9.80 Å². The summed E-state index contributed by atoms with van der Waals surface area (Å²) < 4.78 is 0. The van der Waals surface area contributed by atoms with Crippen molar-refractivity contribution in [1.29, 1.82) is 0 Å². The van der Waals surface area contributed by atoms with Crippen LogP contribution in [0.25, 0.3) is 0 Å². The maximum absolute atomic E-state index is 2.61. The summed E-state index contributed by atoms with van der Waals surface area (Å²) in [5.74, 6) is 1.12. The number of hydrogen-bond acceptors (Lipinski definition) is 3. The number of para-hydroxylation sites is 2. The third kappa shape index (κ3) is 2.47. The van der Waals surface area contributed by atoms with Gasteiger partial charge in [0.05, 0.1) is 17.3 Å². The first-order valence-electron chi connectivity index (χ1n) is 8.61. The Morgan fingerprint density at radius 3 is 2.50 bits per heavy atom. The van der Waals surface area contributed by atoms with E-state index >= 15 is 0 Å². The lowest BCUT2D eigenvalue weighted by atomic mass is 10.2. The van der Waals surface area contributed by atoms with Crippen molar-refractivity contribution >= 4 is 39.0 Å². The number of rotatable bonds is 3. The predicted octanol–water partition coefficient (Wildman–Crippen LogP) is 5.26. The normalized spacial score (nSPS) is 25.2. The Hall–Kier alpha value is -1.39. The van der Waals surface area contributed by atoms with Crippen LogP contribution in [0.4, 0.5) is 11.4 Å². The van der Waals surface area contributed by atoms with Gasteiger partial charge < -0.3 is 9.80 Å². The van der Waals surface area contributed by atoms with E-state index < -0.39 is 0 Å². The molecule has 2 heterocycles. The summed E-state index contributed by atoms with van der Waals surface area (Å²) in [6.45, 7) is 9.01. The van der Waals surface area contributed by atoms with Crippen molar-refractivity contribution in [1.82, 2.24) is 0 Å². The second-order valence-corrected chi connectivity index (χ2v) is 9.63. The van der Waals surface area contributed by atoms with Crippen LogP contribution in [-0.4, -0.2) is 29.2 Å². The molecule has 2 aliphatic heterocycles. The van der Waals surface area contributed by atoms with Gasteiger partial charge in [0.2, 0.25) is 0 Å².